The van der Waals surface area contributed by atoms with Crippen molar-refractivity contribution in [2.75, 3.05) is 0 Å². The largest absolute Gasteiger partial charge is 0.309 e. The highest BCUT2D eigenvalue weighted by Gasteiger charge is 2.19. The van der Waals surface area contributed by atoms with Gasteiger partial charge in [0.1, 0.15) is 0 Å². The van der Waals surface area contributed by atoms with E-state index in [0.29, 0.717) is 0 Å². The topological polar surface area (TPSA) is 9.86 Å². The Morgan fingerprint density at radius 3 is 1.69 bits per heavy atom. The Bertz CT molecular complexity index is 3470. The SMILES string of the molecule is c1ccc(-c2ccc(-n3c4ccccc4c4cc(-c5ccc6c(c5)c5cc7sc8ccccc8c7cc5n6-c5cccc6ccccc56)ccc43)cc2)cc1. The first-order valence-corrected chi connectivity index (χ1v) is 19.7. The fraction of sp³-hybridized carbons (Fsp3) is 0. The number of hydrogen-bond donors (Lipinski definition) is 0. The Morgan fingerprint density at radius 1 is 0.291 bits per heavy atom. The van der Waals surface area contributed by atoms with Gasteiger partial charge in [-0.05, 0) is 94.4 Å². The van der Waals surface area contributed by atoms with Crippen LogP contribution in [0.15, 0.2) is 194 Å². The van der Waals surface area contributed by atoms with Gasteiger partial charge in [-0.15, -0.1) is 11.3 Å². The molecule has 0 spiro atoms. The lowest BCUT2D eigenvalue weighted by atomic mass is 10.0. The maximum atomic E-state index is 2.49. The van der Waals surface area contributed by atoms with Crippen LogP contribution in [0.5, 0.6) is 0 Å². The first-order chi connectivity index (χ1) is 27.3. The molecule has 12 aromatic rings. The van der Waals surface area contributed by atoms with Gasteiger partial charge >= 0.3 is 0 Å². The van der Waals surface area contributed by atoms with Crippen molar-refractivity contribution in [3.05, 3.63) is 194 Å². The highest BCUT2D eigenvalue weighted by Crippen LogP contribution is 2.43. The van der Waals surface area contributed by atoms with E-state index in [0.717, 1.165) is 5.69 Å². The van der Waals surface area contributed by atoms with Crippen LogP contribution in [-0.2, 0) is 0 Å². The summed E-state index contributed by atoms with van der Waals surface area (Å²) in [6, 6.07) is 71.5. The van der Waals surface area contributed by atoms with Gasteiger partial charge in [-0.2, -0.15) is 0 Å². The molecule has 256 valence electrons. The van der Waals surface area contributed by atoms with Crippen LogP contribution in [0.4, 0.5) is 0 Å². The number of para-hydroxylation sites is 1. The summed E-state index contributed by atoms with van der Waals surface area (Å²) in [6.45, 7) is 0. The van der Waals surface area contributed by atoms with E-state index in [4.69, 9.17) is 0 Å². The zero-order chi connectivity index (χ0) is 36.0. The van der Waals surface area contributed by atoms with E-state index < -0.39 is 0 Å². The van der Waals surface area contributed by atoms with E-state index in [1.54, 1.807) is 0 Å². The van der Waals surface area contributed by atoms with E-state index in [1.807, 2.05) is 11.3 Å². The quantitative estimate of drug-likeness (QED) is 0.172. The maximum Gasteiger partial charge on any atom is 0.0548 e. The summed E-state index contributed by atoms with van der Waals surface area (Å²) in [6.07, 6.45) is 0. The summed E-state index contributed by atoms with van der Waals surface area (Å²) >= 11 is 1.88. The van der Waals surface area contributed by atoms with Gasteiger partial charge in [0.25, 0.3) is 0 Å². The molecule has 0 aliphatic heterocycles. The first kappa shape index (κ1) is 30.5. The number of fused-ring (bicyclic) bond motifs is 10. The second-order valence-electron chi connectivity index (χ2n) is 14.5. The fourth-order valence-electron chi connectivity index (χ4n) is 8.94. The molecule has 0 radical (unpaired) electrons. The van der Waals surface area contributed by atoms with Crippen molar-refractivity contribution < 1.29 is 0 Å². The highest BCUT2D eigenvalue weighted by atomic mass is 32.1. The van der Waals surface area contributed by atoms with Crippen LogP contribution in [0.25, 0.3) is 108 Å². The van der Waals surface area contributed by atoms with E-state index in [9.17, 15) is 0 Å². The van der Waals surface area contributed by atoms with E-state index in [1.165, 1.54) is 102 Å². The van der Waals surface area contributed by atoms with E-state index in [2.05, 4.69) is 203 Å². The average molecular weight is 717 g/mol. The zero-order valence-corrected chi connectivity index (χ0v) is 30.6. The van der Waals surface area contributed by atoms with Crippen LogP contribution < -0.4 is 0 Å². The van der Waals surface area contributed by atoms with Crippen molar-refractivity contribution >= 4 is 85.9 Å². The minimum Gasteiger partial charge on any atom is -0.309 e. The molecular formula is C52H32N2S. The van der Waals surface area contributed by atoms with Crippen molar-refractivity contribution in [1.82, 2.24) is 9.13 Å². The van der Waals surface area contributed by atoms with Crippen LogP contribution in [0, 0.1) is 0 Å². The van der Waals surface area contributed by atoms with Crippen LogP contribution in [0.3, 0.4) is 0 Å². The van der Waals surface area contributed by atoms with Gasteiger partial charge in [-0.25, -0.2) is 0 Å². The van der Waals surface area contributed by atoms with Gasteiger partial charge in [0.2, 0.25) is 0 Å². The maximum absolute atomic E-state index is 2.49. The number of aromatic nitrogens is 2. The van der Waals surface area contributed by atoms with E-state index >= 15 is 0 Å². The second kappa shape index (κ2) is 11.8. The van der Waals surface area contributed by atoms with Crippen LogP contribution >= 0.6 is 11.3 Å². The Kier molecular flexibility index (Phi) is 6.54. The lowest BCUT2D eigenvalue weighted by Crippen LogP contribution is -1.95. The molecule has 3 heterocycles. The molecule has 12 rings (SSSR count). The summed E-state index contributed by atoms with van der Waals surface area (Å²) in [4.78, 5) is 0. The Hall–Kier alpha value is -6.94. The monoisotopic (exact) mass is 716 g/mol. The lowest BCUT2D eigenvalue weighted by molar-refractivity contribution is 1.18. The molecule has 0 saturated heterocycles. The minimum absolute atomic E-state index is 1.16. The van der Waals surface area contributed by atoms with E-state index in [-0.39, 0.29) is 0 Å². The molecule has 0 amide bonds. The summed E-state index contributed by atoms with van der Waals surface area (Å²) in [5.41, 5.74) is 12.1. The van der Waals surface area contributed by atoms with Crippen LogP contribution in [0.1, 0.15) is 0 Å². The zero-order valence-electron chi connectivity index (χ0n) is 29.8. The van der Waals surface area contributed by atoms with Crippen molar-refractivity contribution in [2.24, 2.45) is 0 Å². The fourth-order valence-corrected chi connectivity index (χ4v) is 10.1. The Labute approximate surface area is 321 Å². The Balaban J connectivity index is 1.07. The molecule has 0 atom stereocenters. The number of thiophene rings is 1. The molecule has 0 unspecified atom stereocenters. The molecule has 9 aromatic carbocycles. The lowest BCUT2D eigenvalue weighted by Gasteiger charge is -2.12. The molecular weight excluding hydrogens is 685 g/mol. The molecule has 55 heavy (non-hydrogen) atoms. The average Bonchev–Trinajstić information content (AvgIpc) is 3.89. The summed E-state index contributed by atoms with van der Waals surface area (Å²) in [5.74, 6) is 0. The predicted octanol–water partition coefficient (Wildman–Crippen LogP) is 14.7. The number of nitrogens with zero attached hydrogens (tertiary/aromatic N) is 2. The van der Waals surface area contributed by atoms with Gasteiger partial charge < -0.3 is 9.13 Å². The predicted molar refractivity (Wildman–Crippen MR) is 236 cm³/mol. The smallest absolute Gasteiger partial charge is 0.0548 e. The van der Waals surface area contributed by atoms with Gasteiger partial charge in [-0.1, -0.05) is 127 Å². The molecule has 0 N–H and O–H groups in total. The standard InChI is InChI=1S/C52H32N2S/c1-2-11-33(12-3-1)34-21-25-38(26-22-34)53-47-18-8-6-16-40(47)42-29-36(23-27-48(42)53)37-24-28-49-43(30-37)44-32-52-45(41-17-7-9-20-51(41)55-52)31-50(44)54(49)46-19-10-14-35-13-4-5-15-39(35)46/h1-32H. The molecule has 0 fully saturated rings. The van der Waals surface area contributed by atoms with Crippen molar-refractivity contribution in [1.29, 1.82) is 0 Å². The normalized spacial score (nSPS) is 12.0. The number of rotatable bonds is 4. The summed E-state index contributed by atoms with van der Waals surface area (Å²) < 4.78 is 7.54. The van der Waals surface area contributed by atoms with Gasteiger partial charge in [0.05, 0.1) is 27.8 Å². The number of benzene rings is 9. The Morgan fingerprint density at radius 2 is 0.873 bits per heavy atom. The third-order valence-electron chi connectivity index (χ3n) is 11.5. The van der Waals surface area contributed by atoms with Gasteiger partial charge in [0, 0.05) is 52.8 Å². The molecule has 0 aliphatic rings. The molecule has 0 bridgehead atoms. The third kappa shape index (κ3) is 4.60. The van der Waals surface area contributed by atoms with Crippen LogP contribution in [-0.4, -0.2) is 9.13 Å². The van der Waals surface area contributed by atoms with Crippen molar-refractivity contribution in [2.45, 2.75) is 0 Å². The third-order valence-corrected chi connectivity index (χ3v) is 12.6. The highest BCUT2D eigenvalue weighted by molar-refractivity contribution is 7.25. The minimum atomic E-state index is 1.16. The molecule has 3 aromatic heterocycles. The first-order valence-electron chi connectivity index (χ1n) is 18.8. The van der Waals surface area contributed by atoms with Crippen molar-refractivity contribution in [3.63, 3.8) is 0 Å². The van der Waals surface area contributed by atoms with Gasteiger partial charge in [-0.3, -0.25) is 0 Å². The molecule has 0 saturated carbocycles. The van der Waals surface area contributed by atoms with Crippen molar-refractivity contribution in [3.8, 4) is 33.6 Å². The summed E-state index contributed by atoms with van der Waals surface area (Å²) in [7, 11) is 0. The number of hydrogen-bond acceptors (Lipinski definition) is 1. The summed E-state index contributed by atoms with van der Waals surface area (Å²) in [5, 5.41) is 10.2. The molecule has 0 aliphatic carbocycles. The van der Waals surface area contributed by atoms with Crippen LogP contribution in [0.2, 0.25) is 0 Å². The second-order valence-corrected chi connectivity index (χ2v) is 15.6. The van der Waals surface area contributed by atoms with Gasteiger partial charge in [0.15, 0.2) is 0 Å². The molecule has 3 heteroatoms. The molecule has 2 nitrogen and oxygen atoms in total.